The van der Waals surface area contributed by atoms with Crippen molar-refractivity contribution < 1.29 is 0 Å². The zero-order valence-corrected chi connectivity index (χ0v) is 12.8. The van der Waals surface area contributed by atoms with Gasteiger partial charge in [0.1, 0.15) is 0 Å². The first kappa shape index (κ1) is 15.9. The van der Waals surface area contributed by atoms with E-state index < -0.39 is 0 Å². The molecule has 0 aliphatic carbocycles. The Hall–Kier alpha value is -1.16. The Labute approximate surface area is 115 Å². The molecule has 19 heavy (non-hydrogen) atoms. The molecule has 0 atom stereocenters. The fraction of sp³-hybridized carbons (Fsp3) is 0.733. The third-order valence-corrected chi connectivity index (χ3v) is 3.38. The van der Waals surface area contributed by atoms with E-state index in [1.165, 1.54) is 0 Å². The van der Waals surface area contributed by atoms with Crippen molar-refractivity contribution in [2.24, 2.45) is 0 Å². The average molecular weight is 266 g/mol. The Morgan fingerprint density at radius 3 is 2.16 bits per heavy atom. The molecule has 0 aliphatic heterocycles. The number of hydrogen-bond acceptors (Lipinski definition) is 4. The van der Waals surface area contributed by atoms with Crippen LogP contribution in [-0.4, -0.2) is 31.1 Å². The maximum absolute atomic E-state index is 11.6. The van der Waals surface area contributed by atoms with Crippen LogP contribution in [-0.2, 0) is 5.41 Å². The van der Waals surface area contributed by atoms with Gasteiger partial charge in [0.2, 0.25) is 10.9 Å². The Kier molecular flexibility index (Phi) is 5.29. The molecule has 0 bridgehead atoms. The minimum atomic E-state index is -0.358. The summed E-state index contributed by atoms with van der Waals surface area (Å²) in [6, 6.07) is 0. The summed E-state index contributed by atoms with van der Waals surface area (Å²) in [6.45, 7) is 13.9. The number of nitrogens with one attached hydrogen (secondary N) is 1. The Morgan fingerprint density at radius 1 is 1.05 bits per heavy atom. The van der Waals surface area contributed by atoms with Crippen molar-refractivity contribution in [3.8, 4) is 0 Å². The highest BCUT2D eigenvalue weighted by molar-refractivity contribution is 5.59. The highest BCUT2D eigenvalue weighted by Gasteiger charge is 2.29. The summed E-state index contributed by atoms with van der Waals surface area (Å²) >= 11 is 0. The van der Waals surface area contributed by atoms with Crippen molar-refractivity contribution in [3.63, 3.8) is 0 Å². The second kappa shape index (κ2) is 6.33. The van der Waals surface area contributed by atoms with Crippen molar-refractivity contribution in [1.29, 1.82) is 0 Å². The zero-order valence-electron chi connectivity index (χ0n) is 12.8. The molecule has 0 saturated carbocycles. The largest absolute Gasteiger partial charge is 0.380 e. The van der Waals surface area contributed by atoms with Gasteiger partial charge in [0.15, 0.2) is 0 Å². The van der Waals surface area contributed by atoms with E-state index in [-0.39, 0.29) is 16.3 Å². The number of nitrogens with zero attached hydrogens (tertiary/aromatic N) is 1. The molecular weight excluding hydrogens is 240 g/mol. The van der Waals surface area contributed by atoms with Crippen molar-refractivity contribution >= 4 is 5.69 Å². The van der Waals surface area contributed by atoms with E-state index >= 15 is 0 Å². The Morgan fingerprint density at radius 2 is 1.68 bits per heavy atom. The topological polar surface area (TPSA) is 49.4 Å². The summed E-state index contributed by atoms with van der Waals surface area (Å²) in [5.74, 6) is 0. The molecule has 1 aromatic rings. The zero-order chi connectivity index (χ0) is 14.6. The van der Waals surface area contributed by atoms with Crippen molar-refractivity contribution in [2.45, 2.75) is 46.5 Å². The van der Waals surface area contributed by atoms with Crippen LogP contribution in [0.4, 0.5) is 5.69 Å². The number of hydrogen-bond donors (Lipinski definition) is 1. The molecule has 1 rings (SSSR count). The lowest BCUT2D eigenvalue weighted by Crippen LogP contribution is -2.44. The molecule has 0 aromatic heterocycles. The molecular formula is C15H26N2O2. The molecule has 1 N–H and O–H groups in total. The van der Waals surface area contributed by atoms with E-state index in [9.17, 15) is 9.59 Å². The number of anilines is 1. The Bertz CT molecular complexity index is 479. The van der Waals surface area contributed by atoms with E-state index in [4.69, 9.17) is 0 Å². The standard InChI is InChI=1S/C15H26N2O2/c1-6-9-17(7-2)10-8-16-12-11(15(3,4)5)13(18)14(12)19/h16H,6-10H2,1-5H3. The van der Waals surface area contributed by atoms with Crippen LogP contribution < -0.4 is 16.2 Å². The summed E-state index contributed by atoms with van der Waals surface area (Å²) in [5.41, 5.74) is 0.238. The third kappa shape index (κ3) is 3.66. The van der Waals surface area contributed by atoms with Gasteiger partial charge in [-0.3, -0.25) is 9.59 Å². The lowest BCUT2D eigenvalue weighted by atomic mass is 9.82. The Balaban J connectivity index is 2.63. The molecule has 1 aromatic carbocycles. The fourth-order valence-electron chi connectivity index (χ4n) is 2.36. The molecule has 0 aliphatic rings. The van der Waals surface area contributed by atoms with Crippen LogP contribution in [0, 0.1) is 0 Å². The molecule has 0 amide bonds. The normalized spacial score (nSPS) is 12.3. The molecule has 0 unspecified atom stereocenters. The molecule has 4 heteroatoms. The van der Waals surface area contributed by atoms with Crippen LogP contribution in [0.15, 0.2) is 9.59 Å². The second-order valence-corrected chi connectivity index (χ2v) is 6.02. The van der Waals surface area contributed by atoms with Crippen molar-refractivity contribution in [1.82, 2.24) is 4.90 Å². The lowest BCUT2D eigenvalue weighted by molar-refractivity contribution is 0.300. The van der Waals surface area contributed by atoms with Crippen LogP contribution in [0.1, 0.15) is 46.6 Å². The maximum atomic E-state index is 11.6. The fourth-order valence-corrected chi connectivity index (χ4v) is 2.36. The number of likely N-dealkylation sites (N-methyl/N-ethyl adjacent to an activating group) is 1. The first-order valence-electron chi connectivity index (χ1n) is 7.12. The highest BCUT2D eigenvalue weighted by Crippen LogP contribution is 2.25. The van der Waals surface area contributed by atoms with Gasteiger partial charge in [-0.1, -0.05) is 34.6 Å². The van der Waals surface area contributed by atoms with Gasteiger partial charge < -0.3 is 10.2 Å². The first-order valence-corrected chi connectivity index (χ1v) is 7.12. The maximum Gasteiger partial charge on any atom is 0.249 e. The summed E-state index contributed by atoms with van der Waals surface area (Å²) < 4.78 is 0. The third-order valence-electron chi connectivity index (χ3n) is 3.38. The van der Waals surface area contributed by atoms with Crippen LogP contribution >= 0.6 is 0 Å². The highest BCUT2D eigenvalue weighted by atomic mass is 16.2. The minimum Gasteiger partial charge on any atom is -0.380 e. The van der Waals surface area contributed by atoms with Crippen LogP contribution in [0.25, 0.3) is 0 Å². The summed E-state index contributed by atoms with van der Waals surface area (Å²) in [6.07, 6.45) is 1.13. The van der Waals surface area contributed by atoms with Crippen molar-refractivity contribution in [3.05, 3.63) is 26.0 Å². The van der Waals surface area contributed by atoms with Gasteiger partial charge in [0.25, 0.3) is 0 Å². The molecule has 0 saturated heterocycles. The average Bonchev–Trinajstić information content (AvgIpc) is 2.34. The molecule has 4 nitrogen and oxygen atoms in total. The van der Waals surface area contributed by atoms with Gasteiger partial charge in [0, 0.05) is 18.7 Å². The molecule has 0 radical (unpaired) electrons. The van der Waals surface area contributed by atoms with E-state index in [1.807, 2.05) is 20.8 Å². The van der Waals surface area contributed by atoms with Crippen LogP contribution in [0.3, 0.4) is 0 Å². The molecule has 0 fully saturated rings. The predicted octanol–water partition coefficient (Wildman–Crippen LogP) is 1.72. The van der Waals surface area contributed by atoms with Gasteiger partial charge >= 0.3 is 0 Å². The monoisotopic (exact) mass is 266 g/mol. The van der Waals surface area contributed by atoms with Gasteiger partial charge in [-0.2, -0.15) is 0 Å². The van der Waals surface area contributed by atoms with Crippen LogP contribution in [0.5, 0.6) is 0 Å². The second-order valence-electron chi connectivity index (χ2n) is 6.02. The molecule has 0 spiro atoms. The van der Waals surface area contributed by atoms with Crippen LogP contribution in [0.2, 0.25) is 0 Å². The lowest BCUT2D eigenvalue weighted by Gasteiger charge is -2.25. The van der Waals surface area contributed by atoms with Gasteiger partial charge in [0.05, 0.1) is 5.69 Å². The quantitative estimate of drug-likeness (QED) is 0.764. The summed E-state index contributed by atoms with van der Waals surface area (Å²) in [7, 11) is 0. The van der Waals surface area contributed by atoms with Gasteiger partial charge in [-0.15, -0.1) is 0 Å². The minimum absolute atomic E-state index is 0.263. The van der Waals surface area contributed by atoms with E-state index in [1.54, 1.807) is 0 Å². The van der Waals surface area contributed by atoms with Crippen molar-refractivity contribution in [2.75, 3.05) is 31.5 Å². The molecule has 108 valence electrons. The smallest absolute Gasteiger partial charge is 0.249 e. The predicted molar refractivity (Wildman–Crippen MR) is 80.9 cm³/mol. The SMILES string of the molecule is CCCN(CC)CCNc1c(C(C)(C)C)c(=O)c1=O. The van der Waals surface area contributed by atoms with Gasteiger partial charge in [-0.05, 0) is 24.9 Å². The first-order chi connectivity index (χ1) is 8.82. The summed E-state index contributed by atoms with van der Waals surface area (Å²) in [5, 5.41) is 3.15. The van der Waals surface area contributed by atoms with E-state index in [0.29, 0.717) is 17.8 Å². The summed E-state index contributed by atoms with van der Waals surface area (Å²) in [4.78, 5) is 25.6. The van der Waals surface area contributed by atoms with E-state index in [2.05, 4.69) is 24.1 Å². The van der Waals surface area contributed by atoms with Gasteiger partial charge in [-0.25, -0.2) is 0 Å². The van der Waals surface area contributed by atoms with E-state index in [0.717, 1.165) is 26.1 Å². The number of rotatable bonds is 7. The molecule has 0 heterocycles.